The summed E-state index contributed by atoms with van der Waals surface area (Å²) in [6, 6.07) is 18.6. The number of rotatable bonds is 13. The van der Waals surface area contributed by atoms with Crippen LogP contribution in [0.4, 0.5) is 0 Å². The highest BCUT2D eigenvalue weighted by molar-refractivity contribution is 5.83. The number of nitrogens with one attached hydrogen (secondary N) is 3. The number of carbonyl (C=O) groups is 1. The van der Waals surface area contributed by atoms with Crippen molar-refractivity contribution in [3.63, 3.8) is 0 Å². The number of benzene rings is 2. The largest absolute Gasteiger partial charge is 0.493 e. The third-order valence-corrected chi connectivity index (χ3v) is 6.51. The number of ether oxygens (including phenoxy) is 1. The van der Waals surface area contributed by atoms with Gasteiger partial charge in [0, 0.05) is 19.1 Å². The van der Waals surface area contributed by atoms with E-state index in [0.717, 1.165) is 36.6 Å². The van der Waals surface area contributed by atoms with Gasteiger partial charge >= 0.3 is 0 Å². The second-order valence-corrected chi connectivity index (χ2v) is 9.42. The fourth-order valence-corrected chi connectivity index (χ4v) is 4.39. The molecule has 4 atom stereocenters. The normalized spacial score (nSPS) is 18.5. The lowest BCUT2D eigenvalue weighted by Crippen LogP contribution is -2.41. The van der Waals surface area contributed by atoms with E-state index in [4.69, 9.17) is 4.74 Å². The van der Waals surface area contributed by atoms with Crippen molar-refractivity contribution in [1.29, 1.82) is 0 Å². The highest BCUT2D eigenvalue weighted by atomic mass is 16.5. The molecule has 5 heteroatoms. The van der Waals surface area contributed by atoms with Gasteiger partial charge in [-0.1, -0.05) is 62.7 Å². The Kier molecular flexibility index (Phi) is 10.2. The van der Waals surface area contributed by atoms with E-state index in [0.29, 0.717) is 18.5 Å². The molecule has 5 nitrogen and oxygen atoms in total. The van der Waals surface area contributed by atoms with E-state index in [1.165, 1.54) is 25.7 Å². The molecule has 1 aliphatic rings. The molecular formula is C28H41N3O2. The molecule has 1 heterocycles. The highest BCUT2D eigenvalue weighted by Gasteiger charge is 2.21. The SMILES string of the molecule is CCCC(C)COc1ccc([C@H](CNC[C@@H]2CCCN2)NC(=O)[C@@H](C)c2ccccc2)cc1. The molecule has 0 radical (unpaired) electrons. The molecule has 1 amide bonds. The number of hydrogen-bond acceptors (Lipinski definition) is 4. The summed E-state index contributed by atoms with van der Waals surface area (Å²) in [4.78, 5) is 13.1. The fourth-order valence-electron chi connectivity index (χ4n) is 4.39. The van der Waals surface area contributed by atoms with Crippen LogP contribution in [0.1, 0.15) is 69.5 Å². The van der Waals surface area contributed by atoms with Crippen LogP contribution in [0, 0.1) is 5.92 Å². The topological polar surface area (TPSA) is 62.4 Å². The van der Waals surface area contributed by atoms with Crippen molar-refractivity contribution in [1.82, 2.24) is 16.0 Å². The molecular weight excluding hydrogens is 410 g/mol. The van der Waals surface area contributed by atoms with Gasteiger partial charge in [-0.2, -0.15) is 0 Å². The molecule has 180 valence electrons. The van der Waals surface area contributed by atoms with Crippen LogP contribution in [0.25, 0.3) is 0 Å². The summed E-state index contributed by atoms with van der Waals surface area (Å²) in [6.45, 7) is 9.83. The zero-order chi connectivity index (χ0) is 23.5. The van der Waals surface area contributed by atoms with Crippen molar-refractivity contribution >= 4 is 5.91 Å². The molecule has 0 bridgehead atoms. The molecule has 3 N–H and O–H groups in total. The van der Waals surface area contributed by atoms with Gasteiger partial charge in [0.05, 0.1) is 18.6 Å². The molecule has 0 spiro atoms. The third kappa shape index (κ3) is 8.17. The van der Waals surface area contributed by atoms with E-state index < -0.39 is 0 Å². The van der Waals surface area contributed by atoms with Gasteiger partial charge in [0.1, 0.15) is 5.75 Å². The van der Waals surface area contributed by atoms with E-state index in [1.54, 1.807) is 0 Å². The molecule has 0 aromatic heterocycles. The van der Waals surface area contributed by atoms with Crippen molar-refractivity contribution in [2.45, 2.75) is 64.5 Å². The maximum atomic E-state index is 13.1. The average Bonchev–Trinajstić information content (AvgIpc) is 3.36. The number of hydrogen-bond donors (Lipinski definition) is 3. The maximum Gasteiger partial charge on any atom is 0.227 e. The monoisotopic (exact) mass is 451 g/mol. The summed E-state index contributed by atoms with van der Waals surface area (Å²) in [5.74, 6) is 1.27. The predicted molar refractivity (Wildman–Crippen MR) is 136 cm³/mol. The first-order valence-corrected chi connectivity index (χ1v) is 12.6. The molecule has 33 heavy (non-hydrogen) atoms. The quantitative estimate of drug-likeness (QED) is 0.409. The van der Waals surface area contributed by atoms with Crippen LogP contribution in [-0.4, -0.2) is 38.2 Å². The highest BCUT2D eigenvalue weighted by Crippen LogP contribution is 2.21. The van der Waals surface area contributed by atoms with Crippen LogP contribution in [0.2, 0.25) is 0 Å². The van der Waals surface area contributed by atoms with Crippen LogP contribution in [-0.2, 0) is 4.79 Å². The molecule has 0 saturated carbocycles. The number of amides is 1. The minimum atomic E-state index is -0.201. The van der Waals surface area contributed by atoms with Crippen molar-refractivity contribution in [2.24, 2.45) is 5.92 Å². The van der Waals surface area contributed by atoms with Gasteiger partial charge in [-0.05, 0) is 61.9 Å². The van der Waals surface area contributed by atoms with Gasteiger partial charge < -0.3 is 20.7 Å². The van der Waals surface area contributed by atoms with E-state index in [2.05, 4.69) is 41.9 Å². The van der Waals surface area contributed by atoms with Crippen LogP contribution < -0.4 is 20.7 Å². The molecule has 0 aliphatic carbocycles. The second kappa shape index (κ2) is 13.4. The minimum Gasteiger partial charge on any atom is -0.493 e. The van der Waals surface area contributed by atoms with Crippen LogP contribution in [0.15, 0.2) is 54.6 Å². The second-order valence-electron chi connectivity index (χ2n) is 9.42. The van der Waals surface area contributed by atoms with Crippen LogP contribution in [0.3, 0.4) is 0 Å². The van der Waals surface area contributed by atoms with Gasteiger partial charge in [0.2, 0.25) is 5.91 Å². The number of carbonyl (C=O) groups excluding carboxylic acids is 1. The lowest BCUT2D eigenvalue weighted by molar-refractivity contribution is -0.123. The summed E-state index contributed by atoms with van der Waals surface area (Å²) >= 11 is 0. The van der Waals surface area contributed by atoms with E-state index in [1.807, 2.05) is 49.4 Å². The molecule has 2 aromatic rings. The van der Waals surface area contributed by atoms with E-state index >= 15 is 0 Å². The Hall–Kier alpha value is -2.37. The van der Waals surface area contributed by atoms with Gasteiger partial charge in [0.15, 0.2) is 0 Å². The lowest BCUT2D eigenvalue weighted by Gasteiger charge is -2.23. The smallest absolute Gasteiger partial charge is 0.227 e. The van der Waals surface area contributed by atoms with Gasteiger partial charge in [-0.15, -0.1) is 0 Å². The Morgan fingerprint density at radius 1 is 1.09 bits per heavy atom. The maximum absolute atomic E-state index is 13.1. The lowest BCUT2D eigenvalue weighted by atomic mass is 9.99. The third-order valence-electron chi connectivity index (χ3n) is 6.51. The van der Waals surface area contributed by atoms with Crippen molar-refractivity contribution in [3.05, 3.63) is 65.7 Å². The van der Waals surface area contributed by atoms with E-state index in [-0.39, 0.29) is 17.9 Å². The first-order chi connectivity index (χ1) is 16.1. The molecule has 1 aliphatic heterocycles. The molecule has 1 fully saturated rings. The van der Waals surface area contributed by atoms with E-state index in [9.17, 15) is 4.79 Å². The van der Waals surface area contributed by atoms with Crippen molar-refractivity contribution in [2.75, 3.05) is 26.2 Å². The minimum absolute atomic E-state index is 0.0423. The van der Waals surface area contributed by atoms with Crippen molar-refractivity contribution in [3.8, 4) is 5.75 Å². The zero-order valence-corrected chi connectivity index (χ0v) is 20.5. The summed E-state index contributed by atoms with van der Waals surface area (Å²) in [5, 5.41) is 10.4. The molecule has 1 unspecified atom stereocenters. The standard InChI is InChI=1S/C28H41N3O2/c1-4-9-21(2)20-33-26-15-13-24(14-16-26)27(19-29-18-25-12-8-17-30-25)31-28(32)22(3)23-10-6-5-7-11-23/h5-7,10-11,13-16,21-22,25,27,29-30H,4,8-9,12,17-20H2,1-3H3,(H,31,32)/t21?,22-,25-,27-/m0/s1. The first kappa shape index (κ1) is 25.3. The Balaban J connectivity index is 1.63. The molecule has 1 saturated heterocycles. The Morgan fingerprint density at radius 3 is 2.52 bits per heavy atom. The van der Waals surface area contributed by atoms with Crippen LogP contribution >= 0.6 is 0 Å². The summed E-state index contributed by atoms with van der Waals surface area (Å²) in [5.41, 5.74) is 2.12. The Bertz CT molecular complexity index is 819. The summed E-state index contributed by atoms with van der Waals surface area (Å²) in [7, 11) is 0. The van der Waals surface area contributed by atoms with Crippen LogP contribution in [0.5, 0.6) is 5.75 Å². The van der Waals surface area contributed by atoms with Crippen molar-refractivity contribution < 1.29 is 9.53 Å². The Morgan fingerprint density at radius 2 is 1.85 bits per heavy atom. The molecule has 2 aromatic carbocycles. The van der Waals surface area contributed by atoms with Gasteiger partial charge in [-0.3, -0.25) is 4.79 Å². The van der Waals surface area contributed by atoms with Gasteiger partial charge in [-0.25, -0.2) is 0 Å². The predicted octanol–water partition coefficient (Wildman–Crippen LogP) is 4.80. The Labute approximate surface area is 199 Å². The summed E-state index contributed by atoms with van der Waals surface area (Å²) < 4.78 is 5.97. The first-order valence-electron chi connectivity index (χ1n) is 12.6. The summed E-state index contributed by atoms with van der Waals surface area (Å²) in [6.07, 6.45) is 4.79. The zero-order valence-electron chi connectivity index (χ0n) is 20.5. The fraction of sp³-hybridized carbons (Fsp3) is 0.536. The molecule has 3 rings (SSSR count). The average molecular weight is 452 g/mol. The van der Waals surface area contributed by atoms with Gasteiger partial charge in [0.25, 0.3) is 0 Å².